The summed E-state index contributed by atoms with van der Waals surface area (Å²) in [6.07, 6.45) is 1.24. The number of amides is 1. The lowest BCUT2D eigenvalue weighted by molar-refractivity contribution is -0.192. The average Bonchev–Trinajstić information content (AvgIpc) is 3.38. The summed E-state index contributed by atoms with van der Waals surface area (Å²) < 4.78 is 31.7. The largest absolute Gasteiger partial charge is 0.490 e. The zero-order valence-electron chi connectivity index (χ0n) is 20.1. The van der Waals surface area contributed by atoms with Crippen LogP contribution in [-0.2, 0) is 14.4 Å². The van der Waals surface area contributed by atoms with Crippen molar-refractivity contribution in [1.82, 2.24) is 20.0 Å². The van der Waals surface area contributed by atoms with Crippen LogP contribution < -0.4 is 4.90 Å². The Labute approximate surface area is 214 Å². The number of hydrogen-bond acceptors (Lipinski definition) is 9. The van der Waals surface area contributed by atoms with Crippen molar-refractivity contribution in [3.63, 3.8) is 0 Å². The van der Waals surface area contributed by atoms with E-state index in [1.807, 2.05) is 11.8 Å². The van der Waals surface area contributed by atoms with Crippen LogP contribution in [-0.4, -0.2) is 73.9 Å². The molecule has 202 valence electrons. The lowest BCUT2D eigenvalue weighted by Crippen LogP contribution is -2.48. The lowest BCUT2D eigenvalue weighted by Gasteiger charge is -2.40. The fourth-order valence-electron chi connectivity index (χ4n) is 3.97. The molecular weight excluding hydrogens is 513 g/mol. The number of nitriles is 1. The number of carboxylic acid groups (broad SMARTS) is 2. The molecule has 0 aliphatic carbocycles. The number of hydroxylamine groups is 2. The SMILES string of the molecule is CC1(C(=O)N2OCC[C@H]2c2cncc(C#N)c2)CCN(c2nccc(C(=O)O)n2)CC1.O=C(O)C(F)(F)F. The van der Waals surface area contributed by atoms with Gasteiger partial charge in [-0.1, -0.05) is 6.92 Å². The van der Waals surface area contributed by atoms with Gasteiger partial charge in [-0.15, -0.1) is 0 Å². The van der Waals surface area contributed by atoms with Crippen LogP contribution in [0, 0.1) is 16.7 Å². The van der Waals surface area contributed by atoms with E-state index >= 15 is 0 Å². The predicted molar refractivity (Wildman–Crippen MR) is 121 cm³/mol. The third kappa shape index (κ3) is 6.51. The van der Waals surface area contributed by atoms with Crippen molar-refractivity contribution in [2.75, 3.05) is 24.6 Å². The van der Waals surface area contributed by atoms with Crippen LogP contribution in [0.5, 0.6) is 0 Å². The Balaban J connectivity index is 0.000000505. The molecule has 0 saturated carbocycles. The molecule has 12 nitrogen and oxygen atoms in total. The van der Waals surface area contributed by atoms with Gasteiger partial charge in [-0.05, 0) is 30.5 Å². The molecule has 1 atom stereocenters. The van der Waals surface area contributed by atoms with Gasteiger partial charge < -0.3 is 15.1 Å². The number of alkyl halides is 3. The molecule has 0 radical (unpaired) electrons. The predicted octanol–water partition coefficient (Wildman–Crippen LogP) is 2.59. The number of piperidine rings is 1. The number of carbonyl (C=O) groups is 3. The first-order chi connectivity index (χ1) is 17.9. The van der Waals surface area contributed by atoms with Gasteiger partial charge in [0.25, 0.3) is 5.91 Å². The zero-order valence-corrected chi connectivity index (χ0v) is 20.1. The molecule has 4 rings (SSSR count). The Morgan fingerprint density at radius 3 is 2.45 bits per heavy atom. The first-order valence-corrected chi connectivity index (χ1v) is 11.3. The number of rotatable bonds is 4. The second-order valence-electron chi connectivity index (χ2n) is 8.79. The van der Waals surface area contributed by atoms with Crippen LogP contribution in [0.15, 0.2) is 30.7 Å². The molecule has 4 heterocycles. The number of aromatic carboxylic acids is 1. The van der Waals surface area contributed by atoms with Gasteiger partial charge in [0, 0.05) is 38.1 Å². The fraction of sp³-hybridized carbons (Fsp3) is 0.435. The Kier molecular flexibility index (Phi) is 8.46. The van der Waals surface area contributed by atoms with Crippen LogP contribution in [0.1, 0.15) is 53.8 Å². The second-order valence-corrected chi connectivity index (χ2v) is 8.79. The van der Waals surface area contributed by atoms with E-state index in [2.05, 4.69) is 21.0 Å². The standard InChI is InChI=1S/C21H22N6O4.C2HF3O2/c1-21(4-7-26(8-5-21)20-24-6-2-16(25-20)18(28)29)19(30)27-17(3-9-31-27)15-10-14(11-22)12-23-13-15;3-2(4,5)1(6)7/h2,6,10,12-13,17H,3-5,7-9H2,1H3,(H,28,29);(H,6,7)/t17-;/m0./s1. The lowest BCUT2D eigenvalue weighted by atomic mass is 9.79. The summed E-state index contributed by atoms with van der Waals surface area (Å²) in [5.74, 6) is -3.61. The zero-order chi connectivity index (χ0) is 28.1. The maximum absolute atomic E-state index is 13.4. The first kappa shape index (κ1) is 28.3. The minimum absolute atomic E-state index is 0.0593. The van der Waals surface area contributed by atoms with E-state index in [0.717, 1.165) is 5.56 Å². The molecule has 15 heteroatoms. The van der Waals surface area contributed by atoms with E-state index in [9.17, 15) is 22.8 Å². The normalized spacial score (nSPS) is 18.7. The van der Waals surface area contributed by atoms with Gasteiger partial charge in [-0.25, -0.2) is 24.6 Å². The molecule has 0 aromatic carbocycles. The van der Waals surface area contributed by atoms with E-state index < -0.39 is 23.5 Å². The Morgan fingerprint density at radius 1 is 1.21 bits per heavy atom. The highest BCUT2D eigenvalue weighted by Crippen LogP contribution is 2.39. The molecule has 2 N–H and O–H groups in total. The average molecular weight is 536 g/mol. The van der Waals surface area contributed by atoms with E-state index in [0.29, 0.717) is 50.5 Å². The number of aliphatic carboxylic acids is 1. The molecule has 2 aliphatic heterocycles. The minimum atomic E-state index is -5.08. The van der Waals surface area contributed by atoms with Crippen molar-refractivity contribution in [3.05, 3.63) is 47.5 Å². The van der Waals surface area contributed by atoms with Gasteiger partial charge in [-0.2, -0.15) is 18.4 Å². The number of anilines is 1. The van der Waals surface area contributed by atoms with Crippen molar-refractivity contribution in [1.29, 1.82) is 5.26 Å². The summed E-state index contributed by atoms with van der Waals surface area (Å²) in [5, 5.41) is 26.8. The second kappa shape index (κ2) is 11.4. The summed E-state index contributed by atoms with van der Waals surface area (Å²) in [6.45, 7) is 3.39. The highest BCUT2D eigenvalue weighted by molar-refractivity contribution is 5.85. The number of pyridine rings is 1. The van der Waals surface area contributed by atoms with Crippen LogP contribution in [0.25, 0.3) is 0 Å². The first-order valence-electron chi connectivity index (χ1n) is 11.3. The number of carbonyl (C=O) groups excluding carboxylic acids is 1. The maximum atomic E-state index is 13.4. The van der Waals surface area contributed by atoms with Crippen molar-refractivity contribution in [2.45, 2.75) is 38.4 Å². The highest BCUT2D eigenvalue weighted by Gasteiger charge is 2.44. The minimum Gasteiger partial charge on any atom is -0.477 e. The summed E-state index contributed by atoms with van der Waals surface area (Å²) in [5.41, 5.74) is 0.532. The van der Waals surface area contributed by atoms with E-state index in [-0.39, 0.29) is 17.6 Å². The Morgan fingerprint density at radius 2 is 1.87 bits per heavy atom. The van der Waals surface area contributed by atoms with Gasteiger partial charge in [0.1, 0.15) is 6.07 Å². The maximum Gasteiger partial charge on any atom is 0.490 e. The van der Waals surface area contributed by atoms with Crippen LogP contribution >= 0.6 is 0 Å². The quantitative estimate of drug-likeness (QED) is 0.589. The van der Waals surface area contributed by atoms with Crippen LogP contribution in [0.3, 0.4) is 0 Å². The Hall–Kier alpha value is -4.32. The van der Waals surface area contributed by atoms with Gasteiger partial charge in [0.05, 0.1) is 23.6 Å². The van der Waals surface area contributed by atoms with Gasteiger partial charge in [-0.3, -0.25) is 14.6 Å². The smallest absolute Gasteiger partial charge is 0.477 e. The summed E-state index contributed by atoms with van der Waals surface area (Å²) in [4.78, 5) is 53.5. The molecule has 2 fully saturated rings. The third-order valence-electron chi connectivity index (χ3n) is 6.15. The molecule has 2 aromatic rings. The fourth-order valence-corrected chi connectivity index (χ4v) is 3.97. The highest BCUT2D eigenvalue weighted by atomic mass is 19.4. The molecule has 2 aromatic heterocycles. The van der Waals surface area contributed by atoms with Gasteiger partial charge >= 0.3 is 18.1 Å². The van der Waals surface area contributed by atoms with Crippen molar-refractivity contribution < 1.29 is 42.6 Å². The topological polar surface area (TPSA) is 170 Å². The number of hydrogen-bond donors (Lipinski definition) is 2. The summed E-state index contributed by atoms with van der Waals surface area (Å²) >= 11 is 0. The van der Waals surface area contributed by atoms with Gasteiger partial charge in [0.15, 0.2) is 5.69 Å². The van der Waals surface area contributed by atoms with Crippen molar-refractivity contribution in [3.8, 4) is 6.07 Å². The molecule has 2 aliphatic rings. The van der Waals surface area contributed by atoms with Crippen LogP contribution in [0.2, 0.25) is 0 Å². The molecular formula is C23H23F3N6O6. The summed E-state index contributed by atoms with van der Waals surface area (Å²) in [6, 6.07) is 4.89. The molecule has 1 amide bonds. The number of nitrogens with zero attached hydrogens (tertiary/aromatic N) is 6. The van der Waals surface area contributed by atoms with E-state index in [1.165, 1.54) is 23.5 Å². The van der Waals surface area contributed by atoms with Gasteiger partial charge in [0.2, 0.25) is 5.95 Å². The number of carboxylic acids is 2. The third-order valence-corrected chi connectivity index (χ3v) is 6.15. The molecule has 38 heavy (non-hydrogen) atoms. The molecule has 0 spiro atoms. The van der Waals surface area contributed by atoms with Crippen molar-refractivity contribution in [2.24, 2.45) is 5.41 Å². The van der Waals surface area contributed by atoms with Crippen LogP contribution in [0.4, 0.5) is 19.1 Å². The monoisotopic (exact) mass is 536 g/mol. The molecule has 2 saturated heterocycles. The van der Waals surface area contributed by atoms with Crippen molar-refractivity contribution >= 4 is 23.8 Å². The Bertz CT molecular complexity index is 1240. The van der Waals surface area contributed by atoms with E-state index in [4.69, 9.17) is 25.1 Å². The number of aromatic nitrogens is 3. The van der Waals surface area contributed by atoms with E-state index in [1.54, 1.807) is 12.3 Å². The molecule has 0 bridgehead atoms. The molecule has 0 unspecified atom stereocenters. The number of halogens is 3. The summed E-state index contributed by atoms with van der Waals surface area (Å²) in [7, 11) is 0.